The zero-order valence-electron chi connectivity index (χ0n) is 17.3. The summed E-state index contributed by atoms with van der Waals surface area (Å²) in [6, 6.07) is 12.5. The predicted octanol–water partition coefficient (Wildman–Crippen LogP) is 5.03. The van der Waals surface area contributed by atoms with E-state index in [0.29, 0.717) is 34.6 Å². The lowest BCUT2D eigenvalue weighted by Crippen LogP contribution is -2.48. The molecule has 0 saturated heterocycles. The van der Waals surface area contributed by atoms with Gasteiger partial charge in [-0.2, -0.15) is 0 Å². The molecule has 0 aliphatic heterocycles. The van der Waals surface area contributed by atoms with Crippen LogP contribution in [0.15, 0.2) is 42.5 Å². The topological polar surface area (TPSA) is 49.4 Å². The zero-order chi connectivity index (χ0) is 21.6. The third kappa shape index (κ3) is 6.76. The van der Waals surface area contributed by atoms with Gasteiger partial charge in [0.2, 0.25) is 11.8 Å². The number of hydrogen-bond donors (Lipinski definition) is 1. The minimum Gasteiger partial charge on any atom is -0.354 e. The molecule has 0 spiro atoms. The predicted molar refractivity (Wildman–Crippen MR) is 119 cm³/mol. The summed E-state index contributed by atoms with van der Waals surface area (Å²) in [6.45, 7) is 8.70. The number of benzene rings is 2. The fraction of sp³-hybridized carbons (Fsp3) is 0.391. The molecule has 6 heteroatoms. The summed E-state index contributed by atoms with van der Waals surface area (Å²) < 4.78 is 0. The zero-order valence-corrected chi connectivity index (χ0v) is 18.8. The summed E-state index contributed by atoms with van der Waals surface area (Å²) in [5.74, 6) is -0.0495. The van der Waals surface area contributed by atoms with E-state index in [1.165, 1.54) is 0 Å². The molecule has 4 nitrogen and oxygen atoms in total. The van der Waals surface area contributed by atoms with Crippen molar-refractivity contribution in [2.24, 2.45) is 5.92 Å². The van der Waals surface area contributed by atoms with E-state index in [1.54, 1.807) is 30.0 Å². The van der Waals surface area contributed by atoms with Crippen LogP contribution in [0, 0.1) is 12.8 Å². The number of rotatable bonds is 8. The summed E-state index contributed by atoms with van der Waals surface area (Å²) in [6.07, 6.45) is 0.0339. The van der Waals surface area contributed by atoms with Gasteiger partial charge in [-0.1, -0.05) is 72.9 Å². The highest BCUT2D eigenvalue weighted by Crippen LogP contribution is 2.26. The molecule has 0 radical (unpaired) electrons. The molecule has 0 bridgehead atoms. The van der Waals surface area contributed by atoms with Crippen LogP contribution in [0.5, 0.6) is 0 Å². The molecule has 2 amide bonds. The molecule has 0 fully saturated rings. The van der Waals surface area contributed by atoms with Gasteiger partial charge in [-0.05, 0) is 43.0 Å². The minimum atomic E-state index is -0.621. The second kappa shape index (κ2) is 10.7. The minimum absolute atomic E-state index is 0.0339. The second-order valence-corrected chi connectivity index (χ2v) is 8.51. The first-order valence-electron chi connectivity index (χ1n) is 9.74. The van der Waals surface area contributed by atoms with Crippen molar-refractivity contribution in [3.63, 3.8) is 0 Å². The van der Waals surface area contributed by atoms with Crippen molar-refractivity contribution in [1.82, 2.24) is 10.2 Å². The Hall–Kier alpha value is -2.04. The number of carbonyl (C=O) groups excluding carboxylic acids is 2. The molecule has 2 aromatic rings. The van der Waals surface area contributed by atoms with Crippen LogP contribution >= 0.6 is 23.2 Å². The second-order valence-electron chi connectivity index (χ2n) is 7.70. The fourth-order valence-electron chi connectivity index (χ4n) is 2.88. The van der Waals surface area contributed by atoms with Crippen LogP contribution in [0.1, 0.15) is 37.5 Å². The monoisotopic (exact) mass is 434 g/mol. The van der Waals surface area contributed by atoms with Gasteiger partial charge in [0.05, 0.1) is 6.42 Å². The van der Waals surface area contributed by atoms with Gasteiger partial charge in [0.1, 0.15) is 6.04 Å². The van der Waals surface area contributed by atoms with Crippen molar-refractivity contribution in [2.45, 2.75) is 46.7 Å². The molecule has 0 heterocycles. The first-order chi connectivity index (χ1) is 13.7. The molecule has 29 heavy (non-hydrogen) atoms. The number of carbonyl (C=O) groups is 2. The van der Waals surface area contributed by atoms with Crippen LogP contribution in [0.25, 0.3) is 0 Å². The Bertz CT molecular complexity index is 830. The molecule has 0 aliphatic rings. The van der Waals surface area contributed by atoms with Crippen LogP contribution in [-0.4, -0.2) is 29.3 Å². The van der Waals surface area contributed by atoms with Crippen LogP contribution in [0.4, 0.5) is 0 Å². The summed E-state index contributed by atoms with van der Waals surface area (Å²) in [5.41, 5.74) is 2.67. The van der Waals surface area contributed by atoms with Crippen molar-refractivity contribution in [3.8, 4) is 0 Å². The molecule has 1 atom stereocenters. The Morgan fingerprint density at radius 3 is 2.14 bits per heavy atom. The van der Waals surface area contributed by atoms with Crippen molar-refractivity contribution >= 4 is 35.0 Å². The number of halogens is 2. The summed E-state index contributed by atoms with van der Waals surface area (Å²) in [4.78, 5) is 27.5. The van der Waals surface area contributed by atoms with Gasteiger partial charge in [0, 0.05) is 23.1 Å². The first-order valence-corrected chi connectivity index (χ1v) is 10.5. The first kappa shape index (κ1) is 23.2. The molecular weight excluding hydrogens is 407 g/mol. The van der Waals surface area contributed by atoms with E-state index in [-0.39, 0.29) is 18.2 Å². The van der Waals surface area contributed by atoms with Crippen molar-refractivity contribution < 1.29 is 9.59 Å². The van der Waals surface area contributed by atoms with Crippen molar-refractivity contribution in [1.29, 1.82) is 0 Å². The van der Waals surface area contributed by atoms with Crippen LogP contribution in [0.2, 0.25) is 10.0 Å². The van der Waals surface area contributed by atoms with Gasteiger partial charge in [-0.25, -0.2) is 0 Å². The molecule has 2 aromatic carbocycles. The van der Waals surface area contributed by atoms with Gasteiger partial charge in [-0.15, -0.1) is 0 Å². The van der Waals surface area contributed by atoms with Crippen LogP contribution < -0.4 is 5.32 Å². The largest absolute Gasteiger partial charge is 0.354 e. The Kier molecular flexibility index (Phi) is 8.54. The van der Waals surface area contributed by atoms with Gasteiger partial charge >= 0.3 is 0 Å². The standard InChI is InChI=1S/C23H28Cl2N2O2/c1-15(2)13-26-23(29)17(4)27(14-18-10-8-16(3)9-11-18)22(28)12-19-20(24)6-5-7-21(19)25/h5-11,15,17H,12-14H2,1-4H3,(H,26,29). The normalized spacial score (nSPS) is 12.0. The highest BCUT2D eigenvalue weighted by molar-refractivity contribution is 6.36. The number of aryl methyl sites for hydroxylation is 1. The number of hydrogen-bond acceptors (Lipinski definition) is 2. The Labute approximate surface area is 183 Å². The molecule has 1 unspecified atom stereocenters. The van der Waals surface area contributed by atoms with E-state index in [4.69, 9.17) is 23.2 Å². The third-order valence-electron chi connectivity index (χ3n) is 4.72. The number of nitrogens with zero attached hydrogens (tertiary/aromatic N) is 1. The lowest BCUT2D eigenvalue weighted by Gasteiger charge is -2.29. The lowest BCUT2D eigenvalue weighted by atomic mass is 10.1. The Balaban J connectivity index is 2.26. The Morgan fingerprint density at radius 1 is 1.00 bits per heavy atom. The lowest BCUT2D eigenvalue weighted by molar-refractivity contribution is -0.140. The average molecular weight is 435 g/mol. The smallest absolute Gasteiger partial charge is 0.242 e. The summed E-state index contributed by atoms with van der Waals surface area (Å²) in [7, 11) is 0. The van der Waals surface area contributed by atoms with Crippen LogP contribution in [0.3, 0.4) is 0 Å². The average Bonchev–Trinajstić information content (AvgIpc) is 2.67. The fourth-order valence-corrected chi connectivity index (χ4v) is 3.41. The molecule has 1 N–H and O–H groups in total. The summed E-state index contributed by atoms with van der Waals surface area (Å²) >= 11 is 12.5. The molecule has 0 aromatic heterocycles. The quantitative estimate of drug-likeness (QED) is 0.632. The van der Waals surface area contributed by atoms with Gasteiger partial charge < -0.3 is 10.2 Å². The maximum atomic E-state index is 13.2. The Morgan fingerprint density at radius 2 is 1.59 bits per heavy atom. The van der Waals surface area contributed by atoms with E-state index >= 15 is 0 Å². The van der Waals surface area contributed by atoms with E-state index in [0.717, 1.165) is 11.1 Å². The highest BCUT2D eigenvalue weighted by atomic mass is 35.5. The van der Waals surface area contributed by atoms with Crippen LogP contribution in [-0.2, 0) is 22.6 Å². The highest BCUT2D eigenvalue weighted by Gasteiger charge is 2.27. The molecular formula is C23H28Cl2N2O2. The van der Waals surface area contributed by atoms with Crippen molar-refractivity contribution in [3.05, 3.63) is 69.2 Å². The van der Waals surface area contributed by atoms with Gasteiger partial charge in [0.15, 0.2) is 0 Å². The van der Waals surface area contributed by atoms with Gasteiger partial charge in [0.25, 0.3) is 0 Å². The molecule has 0 aliphatic carbocycles. The maximum Gasteiger partial charge on any atom is 0.242 e. The van der Waals surface area contributed by atoms with Gasteiger partial charge in [-0.3, -0.25) is 9.59 Å². The third-order valence-corrected chi connectivity index (χ3v) is 5.42. The van der Waals surface area contributed by atoms with E-state index in [1.807, 2.05) is 45.0 Å². The van der Waals surface area contributed by atoms with E-state index < -0.39 is 6.04 Å². The van der Waals surface area contributed by atoms with Crippen molar-refractivity contribution in [2.75, 3.05) is 6.54 Å². The SMILES string of the molecule is Cc1ccc(CN(C(=O)Cc2c(Cl)cccc2Cl)C(C)C(=O)NCC(C)C)cc1. The molecule has 2 rings (SSSR count). The maximum absolute atomic E-state index is 13.2. The number of nitrogens with one attached hydrogen (secondary N) is 1. The van der Waals surface area contributed by atoms with E-state index in [9.17, 15) is 9.59 Å². The number of amides is 2. The molecule has 156 valence electrons. The van der Waals surface area contributed by atoms with E-state index in [2.05, 4.69) is 5.32 Å². The summed E-state index contributed by atoms with van der Waals surface area (Å²) in [5, 5.41) is 3.80. The molecule has 0 saturated carbocycles.